The first-order chi connectivity index (χ1) is 13.3. The van der Waals surface area contributed by atoms with Gasteiger partial charge in [0, 0.05) is 56.9 Å². The normalized spacial score (nSPS) is 17.3. The Kier molecular flexibility index (Phi) is 8.21. The lowest BCUT2D eigenvalue weighted by Crippen LogP contribution is -2.56. The number of alkyl halides is 3. The van der Waals surface area contributed by atoms with Crippen molar-refractivity contribution in [2.24, 2.45) is 4.99 Å². The highest BCUT2D eigenvalue weighted by atomic mass is 127. The van der Waals surface area contributed by atoms with E-state index >= 15 is 0 Å². The minimum atomic E-state index is -4.18. The van der Waals surface area contributed by atoms with Gasteiger partial charge in [0.15, 0.2) is 5.96 Å². The fraction of sp³-hybridized carbons (Fsp3) is 0.550. The molecule has 1 aliphatic heterocycles. The Labute approximate surface area is 186 Å². The van der Waals surface area contributed by atoms with E-state index in [1.807, 2.05) is 11.1 Å². The van der Waals surface area contributed by atoms with Gasteiger partial charge in [-0.25, -0.2) is 0 Å². The van der Waals surface area contributed by atoms with Crippen LogP contribution in [-0.2, 0) is 6.42 Å². The molecule has 1 saturated heterocycles. The average molecular weight is 523 g/mol. The van der Waals surface area contributed by atoms with Gasteiger partial charge in [-0.3, -0.25) is 9.89 Å². The van der Waals surface area contributed by atoms with Gasteiger partial charge in [-0.1, -0.05) is 12.1 Å². The molecule has 3 rings (SSSR count). The zero-order chi connectivity index (χ0) is 20.3. The summed E-state index contributed by atoms with van der Waals surface area (Å²) in [5.74, 6) is 0.745. The number of nitrogens with one attached hydrogen (secondary N) is 2. The van der Waals surface area contributed by atoms with Gasteiger partial charge in [0.05, 0.1) is 0 Å². The number of aromatic amines is 1. The smallest absolute Gasteiger partial charge is 0.361 e. The van der Waals surface area contributed by atoms with Crippen LogP contribution < -0.4 is 5.32 Å². The summed E-state index contributed by atoms with van der Waals surface area (Å²) >= 11 is 0. The van der Waals surface area contributed by atoms with Gasteiger partial charge >= 0.3 is 6.18 Å². The van der Waals surface area contributed by atoms with E-state index in [0.29, 0.717) is 32.7 Å². The second-order valence-corrected chi connectivity index (χ2v) is 7.33. The fourth-order valence-corrected chi connectivity index (χ4v) is 3.68. The van der Waals surface area contributed by atoms with Gasteiger partial charge in [-0.15, -0.1) is 24.0 Å². The molecule has 5 nitrogen and oxygen atoms in total. The molecular weight excluding hydrogens is 494 g/mol. The molecule has 2 aromatic rings. The number of hydrogen-bond donors (Lipinski definition) is 2. The molecule has 0 saturated carbocycles. The number of guanidine groups is 1. The van der Waals surface area contributed by atoms with E-state index in [4.69, 9.17) is 0 Å². The molecule has 162 valence electrons. The Hall–Kier alpha value is -1.49. The Bertz CT molecular complexity index is 825. The molecule has 2 heterocycles. The maximum Gasteiger partial charge on any atom is 0.403 e. The van der Waals surface area contributed by atoms with Crippen LogP contribution in [0, 0.1) is 6.92 Å². The summed E-state index contributed by atoms with van der Waals surface area (Å²) in [6, 6.07) is 4.96. The van der Waals surface area contributed by atoms with Crippen molar-refractivity contribution in [3.05, 3.63) is 35.5 Å². The minimum absolute atomic E-state index is 0. The molecule has 0 radical (unpaired) electrons. The molecule has 1 fully saturated rings. The molecule has 1 aromatic carbocycles. The van der Waals surface area contributed by atoms with Crippen LogP contribution in [-0.4, -0.2) is 72.7 Å². The Morgan fingerprint density at radius 3 is 2.55 bits per heavy atom. The summed E-state index contributed by atoms with van der Waals surface area (Å²) in [4.78, 5) is 11.1. The van der Waals surface area contributed by atoms with Crippen LogP contribution in [0.2, 0.25) is 0 Å². The Balaban J connectivity index is 0.00000300. The van der Waals surface area contributed by atoms with E-state index in [1.54, 1.807) is 7.05 Å². The molecule has 0 bridgehead atoms. The van der Waals surface area contributed by atoms with Crippen molar-refractivity contribution < 1.29 is 13.2 Å². The minimum Gasteiger partial charge on any atom is -0.361 e. The lowest BCUT2D eigenvalue weighted by molar-refractivity contribution is -0.181. The van der Waals surface area contributed by atoms with Crippen molar-refractivity contribution >= 4 is 40.8 Å². The number of aliphatic imine (C=N–C) groups is 1. The highest BCUT2D eigenvalue weighted by Crippen LogP contribution is 2.25. The summed E-state index contributed by atoms with van der Waals surface area (Å²) in [5, 5.41) is 4.57. The summed E-state index contributed by atoms with van der Waals surface area (Å²) in [6.07, 6.45) is -1.31. The van der Waals surface area contributed by atoms with Crippen molar-refractivity contribution in [2.75, 3.05) is 39.8 Å². The van der Waals surface area contributed by atoms with Crippen LogP contribution in [0.3, 0.4) is 0 Å². The first-order valence-corrected chi connectivity index (χ1v) is 9.62. The monoisotopic (exact) mass is 523 g/mol. The molecule has 9 heteroatoms. The van der Waals surface area contributed by atoms with Crippen LogP contribution in [0.25, 0.3) is 10.9 Å². The van der Waals surface area contributed by atoms with Gasteiger partial charge in [-0.05, 0) is 37.5 Å². The maximum atomic E-state index is 12.9. The van der Waals surface area contributed by atoms with Crippen molar-refractivity contribution in [1.29, 1.82) is 0 Å². The number of piperazine rings is 1. The van der Waals surface area contributed by atoms with Crippen molar-refractivity contribution in [2.45, 2.75) is 32.5 Å². The quantitative estimate of drug-likeness (QED) is 0.365. The molecule has 1 atom stereocenters. The van der Waals surface area contributed by atoms with E-state index < -0.39 is 12.2 Å². The zero-order valence-corrected chi connectivity index (χ0v) is 19.3. The average Bonchev–Trinajstić information content (AvgIpc) is 3.06. The summed E-state index contributed by atoms with van der Waals surface area (Å²) in [6.45, 7) is 5.84. The predicted octanol–water partition coefficient (Wildman–Crippen LogP) is 3.78. The van der Waals surface area contributed by atoms with Crippen LogP contribution >= 0.6 is 24.0 Å². The Morgan fingerprint density at radius 2 is 1.93 bits per heavy atom. The van der Waals surface area contributed by atoms with Gasteiger partial charge in [0.1, 0.15) is 6.04 Å². The first-order valence-electron chi connectivity index (χ1n) is 9.62. The molecule has 0 aliphatic carbocycles. The van der Waals surface area contributed by atoms with Crippen LogP contribution in [0.1, 0.15) is 18.1 Å². The van der Waals surface area contributed by atoms with Crippen molar-refractivity contribution in [3.63, 3.8) is 0 Å². The fourth-order valence-electron chi connectivity index (χ4n) is 3.68. The zero-order valence-electron chi connectivity index (χ0n) is 17.0. The number of fused-ring (bicyclic) bond motifs is 1. The second kappa shape index (κ2) is 10.0. The summed E-state index contributed by atoms with van der Waals surface area (Å²) < 4.78 is 38.7. The highest BCUT2D eigenvalue weighted by molar-refractivity contribution is 14.0. The van der Waals surface area contributed by atoms with Crippen LogP contribution in [0.5, 0.6) is 0 Å². The number of benzene rings is 1. The molecule has 1 unspecified atom stereocenters. The second-order valence-electron chi connectivity index (χ2n) is 7.33. The molecule has 0 amide bonds. The topological polar surface area (TPSA) is 46.7 Å². The SMILES string of the molecule is CN=C(NCCc1c[nH]c2cc(C)ccc12)N1CCN(C(C)C(F)(F)F)CC1.I. The van der Waals surface area contributed by atoms with Gasteiger partial charge in [0.2, 0.25) is 0 Å². The van der Waals surface area contributed by atoms with E-state index in [2.05, 4.69) is 40.4 Å². The van der Waals surface area contributed by atoms with Crippen LogP contribution in [0.4, 0.5) is 13.2 Å². The van der Waals surface area contributed by atoms with E-state index in [1.165, 1.54) is 28.3 Å². The lowest BCUT2D eigenvalue weighted by Gasteiger charge is -2.39. The third-order valence-corrected chi connectivity index (χ3v) is 5.45. The summed E-state index contributed by atoms with van der Waals surface area (Å²) in [7, 11) is 1.71. The number of rotatable bonds is 4. The molecule has 1 aliphatic rings. The van der Waals surface area contributed by atoms with Crippen molar-refractivity contribution in [1.82, 2.24) is 20.1 Å². The third-order valence-electron chi connectivity index (χ3n) is 5.45. The summed E-state index contributed by atoms with van der Waals surface area (Å²) in [5.41, 5.74) is 3.59. The molecule has 0 spiro atoms. The van der Waals surface area contributed by atoms with Gasteiger partial charge in [-0.2, -0.15) is 13.2 Å². The van der Waals surface area contributed by atoms with Crippen molar-refractivity contribution in [3.8, 4) is 0 Å². The Morgan fingerprint density at radius 1 is 1.24 bits per heavy atom. The van der Waals surface area contributed by atoms with E-state index in [0.717, 1.165) is 17.9 Å². The number of aromatic nitrogens is 1. The van der Waals surface area contributed by atoms with Gasteiger partial charge in [0.25, 0.3) is 0 Å². The van der Waals surface area contributed by atoms with E-state index in [9.17, 15) is 13.2 Å². The number of nitrogens with zero attached hydrogens (tertiary/aromatic N) is 3. The standard InChI is InChI=1S/C20H28F3N5.HI/c1-14-4-5-17-16(13-26-18(17)12-14)6-7-25-19(24-3)28-10-8-27(9-11-28)15(2)20(21,22)23;/h4-5,12-13,15,26H,6-11H2,1-3H3,(H,24,25);1H. The maximum absolute atomic E-state index is 12.9. The number of hydrogen-bond acceptors (Lipinski definition) is 2. The molecule has 2 N–H and O–H groups in total. The predicted molar refractivity (Wildman–Crippen MR) is 122 cm³/mol. The third kappa shape index (κ3) is 5.78. The molecular formula is C20H29F3IN5. The molecule has 29 heavy (non-hydrogen) atoms. The first kappa shape index (κ1) is 23.8. The van der Waals surface area contributed by atoms with Gasteiger partial charge < -0.3 is 15.2 Å². The molecule has 1 aromatic heterocycles. The highest BCUT2D eigenvalue weighted by Gasteiger charge is 2.41. The largest absolute Gasteiger partial charge is 0.403 e. The number of halogens is 4. The van der Waals surface area contributed by atoms with Crippen LogP contribution in [0.15, 0.2) is 29.4 Å². The van der Waals surface area contributed by atoms with E-state index in [-0.39, 0.29) is 24.0 Å². The number of aryl methyl sites for hydroxylation is 1. The lowest BCUT2D eigenvalue weighted by atomic mass is 10.1. The number of H-pyrrole nitrogens is 1.